The first-order valence-electron chi connectivity index (χ1n) is 10.8. The third-order valence-electron chi connectivity index (χ3n) is 6.10. The van der Waals surface area contributed by atoms with Gasteiger partial charge in [0.1, 0.15) is 17.3 Å². The highest BCUT2D eigenvalue weighted by atomic mass is 19.1. The van der Waals surface area contributed by atoms with Crippen molar-refractivity contribution in [3.8, 4) is 39.5 Å². The van der Waals surface area contributed by atoms with E-state index in [1.54, 1.807) is 12.4 Å². The lowest BCUT2D eigenvalue weighted by Gasteiger charge is -2.07. The molecule has 0 aliphatic heterocycles. The van der Waals surface area contributed by atoms with Gasteiger partial charge in [0, 0.05) is 40.3 Å². The van der Waals surface area contributed by atoms with Crippen LogP contribution in [0.25, 0.3) is 55.6 Å². The van der Waals surface area contributed by atoms with Crippen LogP contribution in [0.2, 0.25) is 0 Å². The smallest absolute Gasteiger partial charge is 0.127 e. The summed E-state index contributed by atoms with van der Waals surface area (Å²) in [5, 5.41) is 9.57. The van der Waals surface area contributed by atoms with Crippen LogP contribution in [0.3, 0.4) is 0 Å². The molecular formula is C27H20FN5O. The van der Waals surface area contributed by atoms with E-state index in [9.17, 15) is 4.39 Å². The molecule has 2 aromatic carbocycles. The average Bonchev–Trinajstić information content (AvgIpc) is 3.47. The van der Waals surface area contributed by atoms with E-state index in [2.05, 4.69) is 25.1 Å². The molecule has 4 aromatic heterocycles. The van der Waals surface area contributed by atoms with Crippen molar-refractivity contribution in [2.24, 2.45) is 0 Å². The number of H-pyrrole nitrogens is 2. The van der Waals surface area contributed by atoms with Gasteiger partial charge in [0.2, 0.25) is 0 Å². The standard InChI is InChI=1S/C27H20FN5O/c1-15-6-7-29-13-22(15)24-12-21-26(14-30-24)32-33-27(21)25-11-20-19(4-3-5-23(20)31-25)16-8-17(28)10-18(9-16)34-2/h3-14,31H,1-2H3,(H,32,33). The number of halogens is 1. The second-order valence-electron chi connectivity index (χ2n) is 8.21. The Labute approximate surface area is 194 Å². The normalized spacial score (nSPS) is 11.4. The number of pyridine rings is 2. The Hall–Kier alpha value is -4.52. The van der Waals surface area contributed by atoms with Crippen LogP contribution in [0.1, 0.15) is 5.56 Å². The molecule has 0 aliphatic rings. The molecule has 0 spiro atoms. The van der Waals surface area contributed by atoms with E-state index in [4.69, 9.17) is 4.74 Å². The molecule has 166 valence electrons. The zero-order valence-corrected chi connectivity index (χ0v) is 18.6. The molecule has 2 N–H and O–H groups in total. The van der Waals surface area contributed by atoms with Crippen LogP contribution < -0.4 is 4.74 Å². The van der Waals surface area contributed by atoms with E-state index in [0.717, 1.165) is 61.1 Å². The van der Waals surface area contributed by atoms with E-state index < -0.39 is 0 Å². The van der Waals surface area contributed by atoms with Gasteiger partial charge in [-0.3, -0.25) is 15.1 Å². The lowest BCUT2D eigenvalue weighted by Crippen LogP contribution is -1.88. The number of benzene rings is 2. The Morgan fingerprint density at radius 2 is 1.82 bits per heavy atom. The van der Waals surface area contributed by atoms with Crippen molar-refractivity contribution in [3.63, 3.8) is 0 Å². The molecule has 0 radical (unpaired) electrons. The predicted molar refractivity (Wildman–Crippen MR) is 131 cm³/mol. The minimum absolute atomic E-state index is 0.342. The van der Waals surface area contributed by atoms with Crippen LogP contribution in [-0.2, 0) is 0 Å². The summed E-state index contributed by atoms with van der Waals surface area (Å²) in [6, 6.07) is 16.7. The summed E-state index contributed by atoms with van der Waals surface area (Å²) in [5.74, 6) is 0.137. The van der Waals surface area contributed by atoms with E-state index in [1.807, 2.05) is 55.6 Å². The predicted octanol–water partition coefficient (Wildman–Crippen LogP) is 6.29. The maximum Gasteiger partial charge on any atom is 0.127 e. The number of aromatic nitrogens is 5. The van der Waals surface area contributed by atoms with Gasteiger partial charge < -0.3 is 9.72 Å². The Kier molecular flexibility index (Phi) is 4.62. The second kappa shape index (κ2) is 7.81. The van der Waals surface area contributed by atoms with Gasteiger partial charge in [0.15, 0.2) is 0 Å². The molecule has 7 heteroatoms. The molecule has 0 aliphatic carbocycles. The first-order valence-corrected chi connectivity index (χ1v) is 10.8. The largest absolute Gasteiger partial charge is 0.497 e. The topological polar surface area (TPSA) is 79.5 Å². The SMILES string of the molecule is COc1cc(F)cc(-c2cccc3[nH]c(-c4n[nH]c5cnc(-c6cnccc6C)cc45)cc23)c1. The number of hydrogen-bond donors (Lipinski definition) is 2. The highest BCUT2D eigenvalue weighted by Crippen LogP contribution is 2.36. The molecule has 0 fully saturated rings. The van der Waals surface area contributed by atoms with Gasteiger partial charge >= 0.3 is 0 Å². The van der Waals surface area contributed by atoms with Crippen LogP contribution in [0.4, 0.5) is 4.39 Å². The molecule has 34 heavy (non-hydrogen) atoms. The summed E-state index contributed by atoms with van der Waals surface area (Å²) in [6.45, 7) is 2.04. The van der Waals surface area contributed by atoms with E-state index >= 15 is 0 Å². The van der Waals surface area contributed by atoms with Crippen molar-refractivity contribution in [3.05, 3.63) is 84.6 Å². The van der Waals surface area contributed by atoms with Gasteiger partial charge in [-0.2, -0.15) is 5.10 Å². The number of hydrogen-bond acceptors (Lipinski definition) is 4. The molecule has 0 saturated heterocycles. The highest BCUT2D eigenvalue weighted by molar-refractivity contribution is 6.01. The number of aryl methyl sites for hydroxylation is 1. The third-order valence-corrected chi connectivity index (χ3v) is 6.10. The lowest BCUT2D eigenvalue weighted by atomic mass is 10.0. The molecule has 6 aromatic rings. The number of rotatable bonds is 4. The molecule has 0 atom stereocenters. The van der Waals surface area contributed by atoms with Crippen molar-refractivity contribution >= 4 is 21.8 Å². The minimum Gasteiger partial charge on any atom is -0.497 e. The van der Waals surface area contributed by atoms with Gasteiger partial charge in [-0.25, -0.2) is 4.39 Å². The second-order valence-corrected chi connectivity index (χ2v) is 8.21. The molecule has 4 heterocycles. The van der Waals surface area contributed by atoms with E-state index in [-0.39, 0.29) is 5.82 Å². The van der Waals surface area contributed by atoms with Crippen LogP contribution >= 0.6 is 0 Å². The molecule has 0 unspecified atom stereocenters. The minimum atomic E-state index is -0.342. The fraction of sp³-hybridized carbons (Fsp3) is 0.0741. The first-order chi connectivity index (χ1) is 16.6. The summed E-state index contributed by atoms with van der Waals surface area (Å²) < 4.78 is 19.5. The van der Waals surface area contributed by atoms with Gasteiger partial charge in [0.05, 0.1) is 30.2 Å². The maximum atomic E-state index is 14.2. The van der Waals surface area contributed by atoms with Crippen LogP contribution in [-0.4, -0.2) is 32.3 Å². The number of methoxy groups -OCH3 is 1. The fourth-order valence-electron chi connectivity index (χ4n) is 4.37. The Bertz CT molecular complexity index is 1680. The van der Waals surface area contributed by atoms with Gasteiger partial charge in [-0.1, -0.05) is 12.1 Å². The Morgan fingerprint density at radius 3 is 2.68 bits per heavy atom. The van der Waals surface area contributed by atoms with Crippen molar-refractivity contribution < 1.29 is 9.13 Å². The summed E-state index contributed by atoms with van der Waals surface area (Å²) >= 11 is 0. The van der Waals surface area contributed by atoms with Crippen LogP contribution in [0, 0.1) is 12.7 Å². The molecular weight excluding hydrogens is 429 g/mol. The number of aromatic amines is 2. The average molecular weight is 449 g/mol. The van der Waals surface area contributed by atoms with Crippen LogP contribution in [0.5, 0.6) is 5.75 Å². The Morgan fingerprint density at radius 1 is 0.912 bits per heavy atom. The van der Waals surface area contributed by atoms with Gasteiger partial charge in [-0.15, -0.1) is 0 Å². The van der Waals surface area contributed by atoms with Gasteiger partial charge in [-0.05, 0) is 60.0 Å². The molecule has 0 bridgehead atoms. The highest BCUT2D eigenvalue weighted by Gasteiger charge is 2.16. The van der Waals surface area contributed by atoms with Crippen molar-refractivity contribution in [2.75, 3.05) is 7.11 Å². The van der Waals surface area contributed by atoms with Crippen molar-refractivity contribution in [1.82, 2.24) is 25.1 Å². The number of nitrogens with one attached hydrogen (secondary N) is 2. The zero-order valence-electron chi connectivity index (χ0n) is 18.6. The first kappa shape index (κ1) is 20.1. The molecule has 0 amide bonds. The molecule has 6 rings (SSSR count). The maximum absolute atomic E-state index is 14.2. The number of ether oxygens (including phenoxy) is 1. The monoisotopic (exact) mass is 449 g/mol. The van der Waals surface area contributed by atoms with Crippen molar-refractivity contribution in [2.45, 2.75) is 6.92 Å². The summed E-state index contributed by atoms with van der Waals surface area (Å²) in [7, 11) is 1.53. The molecule has 6 nitrogen and oxygen atoms in total. The van der Waals surface area contributed by atoms with E-state index in [1.165, 1.54) is 19.2 Å². The van der Waals surface area contributed by atoms with Crippen molar-refractivity contribution in [1.29, 1.82) is 0 Å². The summed E-state index contributed by atoms with van der Waals surface area (Å²) in [5.41, 5.74) is 8.01. The Balaban J connectivity index is 1.51. The lowest BCUT2D eigenvalue weighted by molar-refractivity contribution is 0.411. The summed E-state index contributed by atoms with van der Waals surface area (Å²) in [4.78, 5) is 12.3. The van der Waals surface area contributed by atoms with Crippen LogP contribution in [0.15, 0.2) is 73.2 Å². The number of fused-ring (bicyclic) bond motifs is 2. The zero-order chi connectivity index (χ0) is 23.2. The third kappa shape index (κ3) is 3.29. The fourth-order valence-corrected chi connectivity index (χ4v) is 4.37. The summed E-state index contributed by atoms with van der Waals surface area (Å²) in [6.07, 6.45) is 5.39. The quantitative estimate of drug-likeness (QED) is 0.331. The number of nitrogens with zero attached hydrogens (tertiary/aromatic N) is 3. The van der Waals surface area contributed by atoms with E-state index in [0.29, 0.717) is 5.75 Å². The van der Waals surface area contributed by atoms with Gasteiger partial charge in [0.25, 0.3) is 0 Å². The molecule has 0 saturated carbocycles.